The molecule has 0 saturated carbocycles. The van der Waals surface area contributed by atoms with Gasteiger partial charge in [-0.3, -0.25) is 5.10 Å². The van der Waals surface area contributed by atoms with Gasteiger partial charge in [0.15, 0.2) is 0 Å². The van der Waals surface area contributed by atoms with Crippen molar-refractivity contribution in [1.29, 1.82) is 0 Å². The van der Waals surface area contributed by atoms with E-state index in [1.165, 1.54) is 0 Å². The highest BCUT2D eigenvalue weighted by molar-refractivity contribution is 5.38. The topological polar surface area (TPSA) is 84.2 Å². The molecule has 4 N–H and O–H groups in total. The first kappa shape index (κ1) is 10.4. The second kappa shape index (κ2) is 4.63. The molecule has 2 rings (SSSR count). The minimum atomic E-state index is -0.534. The summed E-state index contributed by atoms with van der Waals surface area (Å²) in [5.41, 5.74) is 6.30. The van der Waals surface area contributed by atoms with E-state index in [1.807, 2.05) is 0 Å². The third-order valence-electron chi connectivity index (χ3n) is 2.84. The Hall–Kier alpha value is -1.07. The van der Waals surface area contributed by atoms with Gasteiger partial charge in [-0.05, 0) is 25.7 Å². The number of aliphatic hydroxyl groups excluding tert-OH is 1. The van der Waals surface area contributed by atoms with Crippen molar-refractivity contribution in [2.75, 3.05) is 12.3 Å². The molecule has 0 bridgehead atoms. The van der Waals surface area contributed by atoms with Crippen LogP contribution in [0, 0.1) is 0 Å². The number of hydrogen-bond acceptors (Lipinski definition) is 4. The fourth-order valence-corrected chi connectivity index (χ4v) is 1.94. The number of ether oxygens (including phenoxy) is 1. The quantitative estimate of drug-likeness (QED) is 0.693. The van der Waals surface area contributed by atoms with Crippen LogP contribution in [0.1, 0.15) is 37.4 Å². The summed E-state index contributed by atoms with van der Waals surface area (Å²) in [6.45, 7) is 0.856. The van der Waals surface area contributed by atoms with Crippen LogP contribution in [0.2, 0.25) is 0 Å². The minimum Gasteiger partial charge on any atom is -0.388 e. The summed E-state index contributed by atoms with van der Waals surface area (Å²) in [5, 5.41) is 16.3. The van der Waals surface area contributed by atoms with Crippen LogP contribution in [0.3, 0.4) is 0 Å². The lowest BCUT2D eigenvalue weighted by Gasteiger charge is -2.12. The molecule has 0 amide bonds. The van der Waals surface area contributed by atoms with E-state index in [4.69, 9.17) is 10.5 Å². The molecule has 1 fully saturated rings. The predicted octanol–water partition coefficient (Wildman–Crippen LogP) is 0.984. The number of anilines is 1. The van der Waals surface area contributed by atoms with Crippen LogP contribution >= 0.6 is 0 Å². The highest BCUT2D eigenvalue weighted by Gasteiger charge is 2.19. The van der Waals surface area contributed by atoms with Crippen LogP contribution in [0.15, 0.2) is 6.20 Å². The maximum Gasteiger partial charge on any atom is 0.124 e. The van der Waals surface area contributed by atoms with Crippen molar-refractivity contribution in [3.8, 4) is 0 Å². The molecule has 1 saturated heterocycles. The van der Waals surface area contributed by atoms with Crippen molar-refractivity contribution in [2.24, 2.45) is 0 Å². The normalized spacial score (nSPS) is 23.1. The number of nitrogens with two attached hydrogens (primary N) is 1. The summed E-state index contributed by atoms with van der Waals surface area (Å²) in [6.07, 6.45) is 5.15. The summed E-state index contributed by atoms with van der Waals surface area (Å²) in [5.74, 6) is 0.454. The van der Waals surface area contributed by atoms with Gasteiger partial charge in [-0.25, -0.2) is 0 Å². The number of H-pyrrole nitrogens is 1. The molecule has 1 aliphatic rings. The van der Waals surface area contributed by atoms with Crippen LogP contribution in [0.4, 0.5) is 5.82 Å². The SMILES string of the molecule is Nc1[nH]ncc1C(O)CCC1CCCO1. The summed E-state index contributed by atoms with van der Waals surface area (Å²) in [6, 6.07) is 0. The Labute approximate surface area is 88.6 Å². The van der Waals surface area contributed by atoms with E-state index < -0.39 is 6.10 Å². The van der Waals surface area contributed by atoms with Gasteiger partial charge >= 0.3 is 0 Å². The lowest BCUT2D eigenvalue weighted by atomic mass is 10.0. The van der Waals surface area contributed by atoms with E-state index in [2.05, 4.69) is 10.2 Å². The Kier molecular flexibility index (Phi) is 3.23. The Morgan fingerprint density at radius 2 is 2.60 bits per heavy atom. The molecular formula is C10H17N3O2. The lowest BCUT2D eigenvalue weighted by Crippen LogP contribution is -2.08. The molecule has 0 aliphatic carbocycles. The van der Waals surface area contributed by atoms with Gasteiger partial charge in [-0.1, -0.05) is 0 Å². The molecule has 1 aliphatic heterocycles. The van der Waals surface area contributed by atoms with Gasteiger partial charge in [0.2, 0.25) is 0 Å². The van der Waals surface area contributed by atoms with Crippen LogP contribution in [0.25, 0.3) is 0 Å². The van der Waals surface area contributed by atoms with Crippen molar-refractivity contribution in [3.05, 3.63) is 11.8 Å². The highest BCUT2D eigenvalue weighted by atomic mass is 16.5. The second-order valence-electron chi connectivity index (χ2n) is 3.97. The summed E-state index contributed by atoms with van der Waals surface area (Å²) < 4.78 is 5.49. The number of nitrogens with zero attached hydrogens (tertiary/aromatic N) is 1. The molecule has 5 nitrogen and oxygen atoms in total. The lowest BCUT2D eigenvalue weighted by molar-refractivity contribution is 0.0814. The maximum absolute atomic E-state index is 9.86. The van der Waals surface area contributed by atoms with E-state index in [0.29, 0.717) is 23.9 Å². The summed E-state index contributed by atoms with van der Waals surface area (Å²) in [4.78, 5) is 0. The number of nitrogen functional groups attached to an aromatic ring is 1. The van der Waals surface area contributed by atoms with Gasteiger partial charge in [0.05, 0.1) is 18.4 Å². The van der Waals surface area contributed by atoms with Crippen molar-refractivity contribution in [1.82, 2.24) is 10.2 Å². The van der Waals surface area contributed by atoms with E-state index in [9.17, 15) is 5.11 Å². The monoisotopic (exact) mass is 211 g/mol. The number of aromatic nitrogens is 2. The van der Waals surface area contributed by atoms with Gasteiger partial charge < -0.3 is 15.6 Å². The highest BCUT2D eigenvalue weighted by Crippen LogP contribution is 2.25. The van der Waals surface area contributed by atoms with E-state index in [1.54, 1.807) is 6.20 Å². The van der Waals surface area contributed by atoms with Crippen molar-refractivity contribution < 1.29 is 9.84 Å². The number of hydrogen-bond donors (Lipinski definition) is 3. The zero-order chi connectivity index (χ0) is 10.7. The fourth-order valence-electron chi connectivity index (χ4n) is 1.94. The molecule has 1 aromatic rings. The zero-order valence-corrected chi connectivity index (χ0v) is 8.65. The molecule has 2 heterocycles. The smallest absolute Gasteiger partial charge is 0.124 e. The molecule has 15 heavy (non-hydrogen) atoms. The third-order valence-corrected chi connectivity index (χ3v) is 2.84. The van der Waals surface area contributed by atoms with Gasteiger partial charge in [-0.15, -0.1) is 0 Å². The first-order valence-electron chi connectivity index (χ1n) is 5.36. The Balaban J connectivity index is 1.81. The molecule has 2 unspecified atom stereocenters. The molecule has 0 spiro atoms. The van der Waals surface area contributed by atoms with Crippen molar-refractivity contribution in [2.45, 2.75) is 37.9 Å². The molecule has 2 atom stereocenters. The van der Waals surface area contributed by atoms with E-state index in [-0.39, 0.29) is 0 Å². The fraction of sp³-hybridized carbons (Fsp3) is 0.700. The van der Waals surface area contributed by atoms with Crippen molar-refractivity contribution >= 4 is 5.82 Å². The minimum absolute atomic E-state index is 0.313. The summed E-state index contributed by atoms with van der Waals surface area (Å²) >= 11 is 0. The maximum atomic E-state index is 9.86. The first-order chi connectivity index (χ1) is 7.27. The molecule has 84 valence electrons. The molecular weight excluding hydrogens is 194 g/mol. The van der Waals surface area contributed by atoms with Gasteiger partial charge in [0, 0.05) is 12.2 Å². The Bertz CT molecular complexity index is 307. The number of nitrogens with one attached hydrogen (secondary N) is 1. The number of rotatable bonds is 4. The molecule has 1 aromatic heterocycles. The van der Waals surface area contributed by atoms with Crippen LogP contribution < -0.4 is 5.73 Å². The standard InChI is InChI=1S/C10H17N3O2/c11-10-8(6-12-13-10)9(14)4-3-7-2-1-5-15-7/h6-7,9,14H,1-5H2,(H3,11,12,13). The van der Waals surface area contributed by atoms with Gasteiger partial charge in [0.1, 0.15) is 5.82 Å². The van der Waals surface area contributed by atoms with Gasteiger partial charge in [-0.2, -0.15) is 5.10 Å². The molecule has 5 heteroatoms. The van der Waals surface area contributed by atoms with E-state index >= 15 is 0 Å². The average Bonchev–Trinajstić information content (AvgIpc) is 2.84. The largest absolute Gasteiger partial charge is 0.388 e. The third kappa shape index (κ3) is 2.49. The Morgan fingerprint density at radius 3 is 3.20 bits per heavy atom. The number of aliphatic hydroxyl groups is 1. The first-order valence-corrected chi connectivity index (χ1v) is 5.36. The second-order valence-corrected chi connectivity index (χ2v) is 3.97. The number of aromatic amines is 1. The average molecular weight is 211 g/mol. The van der Waals surface area contributed by atoms with Crippen LogP contribution in [0.5, 0.6) is 0 Å². The summed E-state index contributed by atoms with van der Waals surface area (Å²) in [7, 11) is 0. The predicted molar refractivity (Wildman–Crippen MR) is 56.2 cm³/mol. The molecule has 0 radical (unpaired) electrons. The van der Waals surface area contributed by atoms with Crippen molar-refractivity contribution in [3.63, 3.8) is 0 Å². The van der Waals surface area contributed by atoms with Gasteiger partial charge in [0.25, 0.3) is 0 Å². The molecule has 0 aromatic carbocycles. The van der Waals surface area contributed by atoms with E-state index in [0.717, 1.165) is 25.9 Å². The van der Waals surface area contributed by atoms with Crippen LogP contribution in [-0.2, 0) is 4.74 Å². The zero-order valence-electron chi connectivity index (χ0n) is 8.65. The Morgan fingerprint density at radius 1 is 1.73 bits per heavy atom. The van der Waals surface area contributed by atoms with Crippen LogP contribution in [-0.4, -0.2) is 28.0 Å².